The highest BCUT2D eigenvalue weighted by atomic mass is 19.3. The lowest BCUT2D eigenvalue weighted by molar-refractivity contribution is -0.0505. The van der Waals surface area contributed by atoms with E-state index in [-0.39, 0.29) is 23.6 Å². The van der Waals surface area contributed by atoms with Gasteiger partial charge in [0.1, 0.15) is 5.75 Å². The number of pyridine rings is 1. The summed E-state index contributed by atoms with van der Waals surface area (Å²) >= 11 is 0. The Hall–Kier alpha value is -4.12. The minimum absolute atomic E-state index is 0.0281. The van der Waals surface area contributed by atoms with Crippen LogP contribution in [-0.2, 0) is 4.74 Å². The maximum Gasteiger partial charge on any atom is 0.387 e. The average molecular weight is 519 g/mol. The number of benzene rings is 1. The van der Waals surface area contributed by atoms with Crippen molar-refractivity contribution in [2.45, 2.75) is 25.0 Å². The maximum atomic E-state index is 13.3. The van der Waals surface area contributed by atoms with Gasteiger partial charge in [-0.25, -0.2) is 14.5 Å². The topological polar surface area (TPSA) is 85.1 Å². The molecule has 194 valence electrons. The summed E-state index contributed by atoms with van der Waals surface area (Å²) in [6.07, 6.45) is 6.03. The van der Waals surface area contributed by atoms with E-state index in [0.29, 0.717) is 36.7 Å². The SMILES string of the molecule is CN1C(=O)c2cccc(OC(F)F)c2[C@H]2C[C@@H]1c1nn3ccc(-c4cnc(N5CCOCC5)nc4)cc3c12. The van der Waals surface area contributed by atoms with E-state index in [1.165, 1.54) is 6.07 Å². The van der Waals surface area contributed by atoms with Gasteiger partial charge in [-0.1, -0.05) is 6.07 Å². The van der Waals surface area contributed by atoms with Crippen molar-refractivity contribution in [2.75, 3.05) is 38.3 Å². The first kappa shape index (κ1) is 23.0. The molecule has 0 spiro atoms. The predicted molar refractivity (Wildman–Crippen MR) is 134 cm³/mol. The van der Waals surface area contributed by atoms with Gasteiger partial charge in [-0.05, 0) is 36.2 Å². The van der Waals surface area contributed by atoms with Gasteiger partial charge in [-0.3, -0.25) is 4.79 Å². The summed E-state index contributed by atoms with van der Waals surface area (Å²) in [5, 5.41) is 4.82. The quantitative estimate of drug-likeness (QED) is 0.405. The van der Waals surface area contributed by atoms with E-state index in [2.05, 4.69) is 14.9 Å². The molecule has 3 aliphatic rings. The van der Waals surface area contributed by atoms with Crippen molar-refractivity contribution in [1.82, 2.24) is 24.5 Å². The number of anilines is 1. The molecule has 11 heteroatoms. The minimum Gasteiger partial charge on any atom is -0.434 e. The zero-order chi connectivity index (χ0) is 26.0. The molecule has 0 radical (unpaired) electrons. The number of rotatable bonds is 4. The van der Waals surface area contributed by atoms with Gasteiger partial charge in [-0.15, -0.1) is 0 Å². The van der Waals surface area contributed by atoms with Crippen LogP contribution in [0.1, 0.15) is 45.6 Å². The van der Waals surface area contributed by atoms with E-state index in [1.807, 2.05) is 18.3 Å². The Bertz CT molecular complexity index is 1550. The summed E-state index contributed by atoms with van der Waals surface area (Å²) < 4.78 is 38.8. The fourth-order valence-corrected chi connectivity index (χ4v) is 5.94. The summed E-state index contributed by atoms with van der Waals surface area (Å²) in [5.74, 6) is 0.152. The van der Waals surface area contributed by atoms with Crippen molar-refractivity contribution in [3.63, 3.8) is 0 Å². The molecular formula is C27H24F2N6O3. The zero-order valence-electron chi connectivity index (χ0n) is 20.6. The van der Waals surface area contributed by atoms with Crippen LogP contribution in [0, 0.1) is 0 Å². The fraction of sp³-hybridized carbons (Fsp3) is 0.333. The fourth-order valence-electron chi connectivity index (χ4n) is 5.94. The second kappa shape index (κ2) is 8.73. The van der Waals surface area contributed by atoms with Crippen molar-refractivity contribution in [1.29, 1.82) is 0 Å². The van der Waals surface area contributed by atoms with Crippen LogP contribution in [0.2, 0.25) is 0 Å². The Morgan fingerprint density at radius 3 is 2.63 bits per heavy atom. The number of carbonyl (C=O) groups excluding carboxylic acids is 1. The average Bonchev–Trinajstić information content (AvgIpc) is 3.46. The number of hydrogen-bond donors (Lipinski definition) is 0. The number of morpholine rings is 1. The molecule has 7 rings (SSSR count). The van der Waals surface area contributed by atoms with E-state index in [0.717, 1.165) is 41.0 Å². The molecular weight excluding hydrogens is 494 g/mol. The molecule has 0 saturated carbocycles. The summed E-state index contributed by atoms with van der Waals surface area (Å²) in [7, 11) is 1.73. The first-order valence-corrected chi connectivity index (χ1v) is 12.5. The molecule has 5 heterocycles. The Labute approximate surface area is 216 Å². The highest BCUT2D eigenvalue weighted by Gasteiger charge is 2.46. The second-order valence-corrected chi connectivity index (χ2v) is 9.73. The van der Waals surface area contributed by atoms with Crippen LogP contribution in [0.25, 0.3) is 16.6 Å². The lowest BCUT2D eigenvalue weighted by Crippen LogP contribution is -2.37. The monoisotopic (exact) mass is 518 g/mol. The normalized spacial score (nSPS) is 20.6. The third-order valence-electron chi connectivity index (χ3n) is 7.74. The van der Waals surface area contributed by atoms with Crippen molar-refractivity contribution in [3.05, 3.63) is 71.3 Å². The molecule has 1 fully saturated rings. The number of amides is 1. The highest BCUT2D eigenvalue weighted by molar-refractivity contribution is 5.98. The number of hydrogen-bond acceptors (Lipinski definition) is 7. The first-order chi connectivity index (χ1) is 18.5. The van der Waals surface area contributed by atoms with Crippen LogP contribution >= 0.6 is 0 Å². The molecule has 2 bridgehead atoms. The third-order valence-corrected chi connectivity index (χ3v) is 7.74. The zero-order valence-corrected chi connectivity index (χ0v) is 20.6. The summed E-state index contributed by atoms with van der Waals surface area (Å²) in [5.41, 5.74) is 5.19. The molecule has 2 aliphatic heterocycles. The standard InChI is InChI=1S/C27H24F2N6O3/c1-33-20-12-18(22-17(25(33)36)3-2-4-21(22)38-26(28)29)23-19-11-15(5-6-35(19)32-24(20)23)16-13-30-27(31-14-16)34-7-9-37-10-8-34/h2-6,11,13-14,18,20,26H,7-10,12H2,1H3/t18-,20-/m1/s1. The number of nitrogens with zero attached hydrogens (tertiary/aromatic N) is 6. The summed E-state index contributed by atoms with van der Waals surface area (Å²) in [4.78, 5) is 26.2. The van der Waals surface area contributed by atoms with E-state index in [9.17, 15) is 13.6 Å². The number of halogens is 2. The van der Waals surface area contributed by atoms with Gasteiger partial charge in [0, 0.05) is 66.9 Å². The largest absolute Gasteiger partial charge is 0.434 e. The van der Waals surface area contributed by atoms with Gasteiger partial charge in [0.2, 0.25) is 5.95 Å². The van der Waals surface area contributed by atoms with E-state index >= 15 is 0 Å². The van der Waals surface area contributed by atoms with Crippen LogP contribution in [0.4, 0.5) is 14.7 Å². The molecule has 1 saturated heterocycles. The minimum atomic E-state index is -3.00. The van der Waals surface area contributed by atoms with Gasteiger partial charge in [0.25, 0.3) is 5.91 Å². The van der Waals surface area contributed by atoms with Gasteiger partial charge < -0.3 is 19.3 Å². The third kappa shape index (κ3) is 3.52. The Morgan fingerprint density at radius 1 is 1.08 bits per heavy atom. The highest BCUT2D eigenvalue weighted by Crippen LogP contribution is 2.53. The smallest absolute Gasteiger partial charge is 0.387 e. The van der Waals surface area contributed by atoms with Gasteiger partial charge >= 0.3 is 6.61 Å². The van der Waals surface area contributed by atoms with Gasteiger partial charge in [0.15, 0.2) is 0 Å². The molecule has 4 aromatic rings. The van der Waals surface area contributed by atoms with Crippen molar-refractivity contribution in [2.24, 2.45) is 0 Å². The van der Waals surface area contributed by atoms with E-state index < -0.39 is 6.61 Å². The number of alkyl halides is 2. The molecule has 9 nitrogen and oxygen atoms in total. The van der Waals surface area contributed by atoms with Crippen LogP contribution in [0.15, 0.2) is 48.9 Å². The van der Waals surface area contributed by atoms with E-state index in [4.69, 9.17) is 14.6 Å². The molecule has 1 amide bonds. The van der Waals surface area contributed by atoms with Crippen molar-refractivity contribution >= 4 is 17.4 Å². The number of aromatic nitrogens is 4. The number of ether oxygens (including phenoxy) is 2. The molecule has 3 aromatic heterocycles. The summed E-state index contributed by atoms with van der Waals surface area (Å²) in [6.45, 7) is -0.170. The lowest BCUT2D eigenvalue weighted by Gasteiger charge is -2.26. The number of carbonyl (C=O) groups is 1. The second-order valence-electron chi connectivity index (χ2n) is 9.73. The molecule has 1 aromatic carbocycles. The van der Waals surface area contributed by atoms with Crippen LogP contribution in [0.3, 0.4) is 0 Å². The maximum absolute atomic E-state index is 13.3. The van der Waals surface area contributed by atoms with Crippen LogP contribution in [0.5, 0.6) is 5.75 Å². The Kier molecular flexibility index (Phi) is 5.29. The lowest BCUT2D eigenvalue weighted by atomic mass is 9.88. The molecule has 2 atom stereocenters. The van der Waals surface area contributed by atoms with Gasteiger partial charge in [-0.2, -0.15) is 13.9 Å². The molecule has 1 aliphatic carbocycles. The van der Waals surface area contributed by atoms with E-state index in [1.54, 1.807) is 41.0 Å². The van der Waals surface area contributed by atoms with Crippen LogP contribution < -0.4 is 9.64 Å². The summed E-state index contributed by atoms with van der Waals surface area (Å²) in [6, 6.07) is 8.46. The van der Waals surface area contributed by atoms with Crippen LogP contribution in [-0.4, -0.2) is 70.4 Å². The first-order valence-electron chi connectivity index (χ1n) is 12.5. The predicted octanol–water partition coefficient (Wildman–Crippen LogP) is 3.89. The molecule has 0 N–H and O–H groups in total. The van der Waals surface area contributed by atoms with Gasteiger partial charge in [0.05, 0.1) is 30.5 Å². The molecule has 38 heavy (non-hydrogen) atoms. The van der Waals surface area contributed by atoms with Crippen molar-refractivity contribution < 1.29 is 23.0 Å². The Morgan fingerprint density at radius 2 is 1.87 bits per heavy atom. The number of fused-ring (bicyclic) bond motifs is 9. The van der Waals surface area contributed by atoms with Crippen molar-refractivity contribution in [3.8, 4) is 16.9 Å². The molecule has 0 unspecified atom stereocenters. The Balaban J connectivity index is 1.33.